The topological polar surface area (TPSA) is 52.1 Å². The third-order valence-electron chi connectivity index (χ3n) is 6.49. The molecule has 1 atom stereocenters. The number of ether oxygens (including phenoxy) is 1. The molecule has 168 valence electrons. The molecule has 2 fully saturated rings. The molecule has 2 N–H and O–H groups in total. The summed E-state index contributed by atoms with van der Waals surface area (Å²) in [4.78, 5) is 9.90. The van der Waals surface area contributed by atoms with Crippen molar-refractivity contribution in [3.05, 3.63) is 24.3 Å². The first-order valence-electron chi connectivity index (χ1n) is 11.9. The number of benzene rings is 1. The first-order valence-corrected chi connectivity index (χ1v) is 11.9. The van der Waals surface area contributed by atoms with E-state index in [0.29, 0.717) is 6.04 Å². The van der Waals surface area contributed by atoms with Crippen LogP contribution >= 0.6 is 0 Å². The zero-order valence-electron chi connectivity index (χ0n) is 19.2. The average Bonchev–Trinajstić information content (AvgIpc) is 2.80. The van der Waals surface area contributed by atoms with Crippen molar-refractivity contribution in [1.29, 1.82) is 0 Å². The molecule has 0 saturated carbocycles. The van der Waals surface area contributed by atoms with Gasteiger partial charge in [0.1, 0.15) is 5.75 Å². The predicted octanol–water partition coefficient (Wildman–Crippen LogP) is 3.34. The molecular formula is C24H41N5O. The number of nitrogens with one attached hydrogen (secondary N) is 2. The van der Waals surface area contributed by atoms with E-state index in [-0.39, 0.29) is 0 Å². The number of likely N-dealkylation sites (tertiary alicyclic amines) is 1. The Labute approximate surface area is 183 Å². The summed E-state index contributed by atoms with van der Waals surface area (Å²) < 4.78 is 5.58. The van der Waals surface area contributed by atoms with Gasteiger partial charge < -0.3 is 25.2 Å². The second kappa shape index (κ2) is 12.0. The summed E-state index contributed by atoms with van der Waals surface area (Å²) in [7, 11) is 1.75. The van der Waals surface area contributed by atoms with Crippen LogP contribution in [0.2, 0.25) is 0 Å². The number of aliphatic imine (C=N–C) groups is 1. The summed E-state index contributed by atoms with van der Waals surface area (Å²) in [6.45, 7) is 11.9. The Kier molecular flexibility index (Phi) is 9.12. The summed E-state index contributed by atoms with van der Waals surface area (Å²) >= 11 is 0. The highest BCUT2D eigenvalue weighted by Crippen LogP contribution is 2.29. The molecule has 0 radical (unpaired) electrons. The zero-order chi connectivity index (χ0) is 21.2. The van der Waals surface area contributed by atoms with Crippen LogP contribution in [0, 0.1) is 5.92 Å². The second-order valence-corrected chi connectivity index (χ2v) is 8.53. The fourth-order valence-corrected chi connectivity index (χ4v) is 4.67. The van der Waals surface area contributed by atoms with Crippen molar-refractivity contribution in [2.24, 2.45) is 10.9 Å². The Balaban J connectivity index is 1.52. The number of hydrogen-bond donors (Lipinski definition) is 2. The molecule has 2 saturated heterocycles. The van der Waals surface area contributed by atoms with E-state index in [0.717, 1.165) is 43.8 Å². The van der Waals surface area contributed by atoms with Gasteiger partial charge in [0.15, 0.2) is 5.96 Å². The fraction of sp³-hybridized carbons (Fsp3) is 0.708. The van der Waals surface area contributed by atoms with E-state index in [1.54, 1.807) is 7.11 Å². The maximum atomic E-state index is 5.58. The molecule has 0 amide bonds. The van der Waals surface area contributed by atoms with Crippen LogP contribution in [0.4, 0.5) is 5.69 Å². The van der Waals surface area contributed by atoms with Crippen LogP contribution in [0.15, 0.2) is 29.3 Å². The van der Waals surface area contributed by atoms with Crippen molar-refractivity contribution in [2.75, 3.05) is 57.8 Å². The highest BCUT2D eigenvalue weighted by atomic mass is 16.5. The first-order chi connectivity index (χ1) is 14.7. The number of para-hydroxylation sites is 2. The van der Waals surface area contributed by atoms with Crippen LogP contribution in [0.1, 0.15) is 46.0 Å². The van der Waals surface area contributed by atoms with Gasteiger partial charge in [0.25, 0.3) is 0 Å². The predicted molar refractivity (Wildman–Crippen MR) is 127 cm³/mol. The number of methoxy groups -OCH3 is 1. The molecule has 2 aliphatic heterocycles. The number of guanidine groups is 1. The van der Waals surface area contributed by atoms with Gasteiger partial charge in [-0.25, -0.2) is 0 Å². The van der Waals surface area contributed by atoms with Crippen LogP contribution in [0.25, 0.3) is 0 Å². The molecule has 0 spiro atoms. The van der Waals surface area contributed by atoms with E-state index in [1.165, 1.54) is 57.4 Å². The quantitative estimate of drug-likeness (QED) is 0.504. The molecule has 2 heterocycles. The van der Waals surface area contributed by atoms with Gasteiger partial charge in [-0.1, -0.05) is 19.1 Å². The number of nitrogens with zero attached hydrogens (tertiary/aromatic N) is 3. The van der Waals surface area contributed by atoms with Crippen LogP contribution < -0.4 is 20.3 Å². The highest BCUT2D eigenvalue weighted by Gasteiger charge is 2.23. The summed E-state index contributed by atoms with van der Waals surface area (Å²) in [5.41, 5.74) is 1.19. The lowest BCUT2D eigenvalue weighted by atomic mass is 9.94. The fourth-order valence-electron chi connectivity index (χ4n) is 4.67. The summed E-state index contributed by atoms with van der Waals surface area (Å²) in [6, 6.07) is 8.72. The van der Waals surface area contributed by atoms with Gasteiger partial charge in [0.05, 0.1) is 12.8 Å². The molecule has 30 heavy (non-hydrogen) atoms. The molecular weight excluding hydrogens is 374 g/mol. The molecule has 6 heteroatoms. The van der Waals surface area contributed by atoms with Crippen LogP contribution in [-0.4, -0.2) is 69.8 Å². The maximum absolute atomic E-state index is 5.58. The van der Waals surface area contributed by atoms with Crippen LogP contribution in [-0.2, 0) is 0 Å². The van der Waals surface area contributed by atoms with Crippen LogP contribution in [0.5, 0.6) is 5.75 Å². The van der Waals surface area contributed by atoms with Gasteiger partial charge in [-0.05, 0) is 76.7 Å². The highest BCUT2D eigenvalue weighted by molar-refractivity contribution is 5.80. The standard InChI is InChI=1S/C24H41N5O/c1-4-25-24(26-15-12-20-13-17-28(5-2)18-14-20)27-21-9-8-16-29(19-21)22-10-6-7-11-23(22)30-3/h6-7,10-11,20-21H,4-5,8-9,12-19H2,1-3H3,(H2,25,26,27). The Morgan fingerprint density at radius 1 is 1.13 bits per heavy atom. The minimum Gasteiger partial charge on any atom is -0.495 e. The minimum absolute atomic E-state index is 0.397. The van der Waals surface area contributed by atoms with Crippen molar-refractivity contribution in [3.8, 4) is 5.75 Å². The van der Waals surface area contributed by atoms with Gasteiger partial charge in [0, 0.05) is 32.2 Å². The van der Waals surface area contributed by atoms with Gasteiger partial charge in [-0.15, -0.1) is 0 Å². The van der Waals surface area contributed by atoms with E-state index < -0.39 is 0 Å². The Bertz CT molecular complexity index is 657. The molecule has 0 bridgehead atoms. The van der Waals surface area contributed by atoms with Crippen molar-refractivity contribution in [3.63, 3.8) is 0 Å². The molecule has 1 aromatic carbocycles. The smallest absolute Gasteiger partial charge is 0.191 e. The third kappa shape index (κ3) is 6.53. The number of piperidine rings is 2. The molecule has 1 aromatic rings. The minimum atomic E-state index is 0.397. The third-order valence-corrected chi connectivity index (χ3v) is 6.49. The Hall–Kier alpha value is -1.95. The zero-order valence-corrected chi connectivity index (χ0v) is 19.2. The van der Waals surface area contributed by atoms with Gasteiger partial charge in [0.2, 0.25) is 0 Å². The van der Waals surface area contributed by atoms with Gasteiger partial charge in [-0.3, -0.25) is 4.99 Å². The van der Waals surface area contributed by atoms with Gasteiger partial charge >= 0.3 is 0 Å². The van der Waals surface area contributed by atoms with E-state index in [2.05, 4.69) is 46.4 Å². The molecule has 6 nitrogen and oxygen atoms in total. The van der Waals surface area contributed by atoms with Crippen molar-refractivity contribution in [1.82, 2.24) is 15.5 Å². The number of rotatable bonds is 8. The Morgan fingerprint density at radius 3 is 2.67 bits per heavy atom. The first kappa shape index (κ1) is 22.7. The van der Waals surface area contributed by atoms with E-state index in [9.17, 15) is 0 Å². The maximum Gasteiger partial charge on any atom is 0.191 e. The molecule has 2 aliphatic rings. The average molecular weight is 416 g/mol. The molecule has 3 rings (SSSR count). The van der Waals surface area contributed by atoms with E-state index in [4.69, 9.17) is 9.73 Å². The summed E-state index contributed by atoms with van der Waals surface area (Å²) in [5.74, 6) is 2.75. The molecule has 1 unspecified atom stereocenters. The second-order valence-electron chi connectivity index (χ2n) is 8.53. The summed E-state index contributed by atoms with van der Waals surface area (Å²) in [5, 5.41) is 7.14. The van der Waals surface area contributed by atoms with Crippen LogP contribution in [0.3, 0.4) is 0 Å². The number of hydrogen-bond acceptors (Lipinski definition) is 4. The SMILES string of the molecule is CCNC(=NCCC1CCN(CC)CC1)NC1CCCN(c2ccccc2OC)C1. The van der Waals surface area contributed by atoms with E-state index in [1.807, 2.05) is 12.1 Å². The lowest BCUT2D eigenvalue weighted by Gasteiger charge is -2.36. The van der Waals surface area contributed by atoms with Crippen molar-refractivity contribution >= 4 is 11.6 Å². The largest absolute Gasteiger partial charge is 0.495 e. The van der Waals surface area contributed by atoms with E-state index >= 15 is 0 Å². The monoisotopic (exact) mass is 415 g/mol. The Morgan fingerprint density at radius 2 is 1.93 bits per heavy atom. The molecule has 0 aliphatic carbocycles. The lowest BCUT2D eigenvalue weighted by Crippen LogP contribution is -2.51. The molecule has 0 aromatic heterocycles. The van der Waals surface area contributed by atoms with Crippen molar-refractivity contribution < 1.29 is 4.74 Å². The van der Waals surface area contributed by atoms with Crippen molar-refractivity contribution in [2.45, 2.75) is 52.0 Å². The van der Waals surface area contributed by atoms with Gasteiger partial charge in [-0.2, -0.15) is 0 Å². The number of anilines is 1. The normalized spacial score (nSPS) is 21.5. The lowest BCUT2D eigenvalue weighted by molar-refractivity contribution is 0.188. The summed E-state index contributed by atoms with van der Waals surface area (Å²) in [6.07, 6.45) is 6.19.